The molecule has 2 heteroatoms. The van der Waals surface area contributed by atoms with Crippen molar-refractivity contribution in [3.63, 3.8) is 0 Å². The summed E-state index contributed by atoms with van der Waals surface area (Å²) in [4.78, 5) is 14.4. The molecule has 1 fully saturated rings. The first-order valence-electron chi connectivity index (χ1n) is 7.05. The highest BCUT2D eigenvalue weighted by molar-refractivity contribution is 5.83. The predicted octanol–water partition coefficient (Wildman–Crippen LogP) is 3.50. The second-order valence-electron chi connectivity index (χ2n) is 6.76. The Balaban J connectivity index is 2.44. The zero-order valence-corrected chi connectivity index (χ0v) is 12.3. The minimum Gasteiger partial charge on any atom is -0.298 e. The summed E-state index contributed by atoms with van der Waals surface area (Å²) in [6, 6.07) is 0.440. The number of hydrogen-bond acceptors (Lipinski definition) is 2. The summed E-state index contributed by atoms with van der Waals surface area (Å²) in [7, 11) is 2.08. The molecule has 0 saturated heterocycles. The van der Waals surface area contributed by atoms with Crippen LogP contribution in [0.1, 0.15) is 59.8 Å². The molecule has 0 heterocycles. The lowest BCUT2D eigenvalue weighted by atomic mass is 9.84. The average molecular weight is 239 g/mol. The van der Waals surface area contributed by atoms with E-state index < -0.39 is 0 Å². The Morgan fingerprint density at radius 1 is 1.24 bits per heavy atom. The first-order valence-corrected chi connectivity index (χ1v) is 7.05. The molecule has 0 aliphatic heterocycles. The highest BCUT2D eigenvalue weighted by Gasteiger charge is 2.27. The molecule has 0 spiro atoms. The molecule has 0 aromatic heterocycles. The van der Waals surface area contributed by atoms with Crippen LogP contribution in [0.3, 0.4) is 0 Å². The number of ketones is 1. The molecule has 1 atom stereocenters. The van der Waals surface area contributed by atoms with E-state index in [1.165, 1.54) is 19.3 Å². The number of carbonyl (C=O) groups is 1. The van der Waals surface area contributed by atoms with Gasteiger partial charge >= 0.3 is 0 Å². The third-order valence-corrected chi connectivity index (χ3v) is 4.38. The van der Waals surface area contributed by atoms with E-state index in [9.17, 15) is 4.79 Å². The molecule has 1 unspecified atom stereocenters. The summed E-state index contributed by atoms with van der Waals surface area (Å²) in [5, 5.41) is 0. The van der Waals surface area contributed by atoms with Crippen molar-refractivity contribution in [1.29, 1.82) is 0 Å². The molecular weight excluding hydrogens is 210 g/mol. The van der Waals surface area contributed by atoms with Gasteiger partial charge in [-0.15, -0.1) is 0 Å². The van der Waals surface area contributed by atoms with E-state index in [-0.39, 0.29) is 5.41 Å². The second-order valence-corrected chi connectivity index (χ2v) is 6.76. The number of Topliss-reactive ketones (excluding diaryl/α,β-unsaturated/α-hetero) is 1. The minimum absolute atomic E-state index is 0.238. The minimum atomic E-state index is 0.238. The normalized spacial score (nSPS) is 20.6. The van der Waals surface area contributed by atoms with Crippen molar-refractivity contribution in [2.75, 3.05) is 13.6 Å². The largest absolute Gasteiger partial charge is 0.298 e. The summed E-state index contributed by atoms with van der Waals surface area (Å²) in [6.07, 6.45) is 6.05. The van der Waals surface area contributed by atoms with Gasteiger partial charge in [-0.3, -0.25) is 9.69 Å². The van der Waals surface area contributed by atoms with E-state index >= 15 is 0 Å². The van der Waals surface area contributed by atoms with Gasteiger partial charge in [0, 0.05) is 12.0 Å². The Bertz CT molecular complexity index is 248. The fourth-order valence-electron chi connectivity index (χ4n) is 2.60. The van der Waals surface area contributed by atoms with Crippen molar-refractivity contribution in [2.24, 2.45) is 11.3 Å². The van der Waals surface area contributed by atoms with Crippen LogP contribution in [0.5, 0.6) is 0 Å². The molecule has 1 saturated carbocycles. The van der Waals surface area contributed by atoms with Crippen LogP contribution >= 0.6 is 0 Å². The van der Waals surface area contributed by atoms with Crippen molar-refractivity contribution in [3.05, 3.63) is 0 Å². The number of nitrogens with zero attached hydrogens (tertiary/aromatic N) is 1. The fourth-order valence-corrected chi connectivity index (χ4v) is 2.60. The lowest BCUT2D eigenvalue weighted by Gasteiger charge is -2.35. The fraction of sp³-hybridized carbons (Fsp3) is 0.933. The van der Waals surface area contributed by atoms with Crippen LogP contribution in [-0.2, 0) is 4.79 Å². The Morgan fingerprint density at radius 3 is 2.24 bits per heavy atom. The van der Waals surface area contributed by atoms with Crippen LogP contribution in [0.15, 0.2) is 0 Å². The molecule has 2 nitrogen and oxygen atoms in total. The third-order valence-electron chi connectivity index (χ3n) is 4.38. The smallest absolute Gasteiger partial charge is 0.149 e. The van der Waals surface area contributed by atoms with Gasteiger partial charge in [0.1, 0.15) is 5.78 Å². The third kappa shape index (κ3) is 4.42. The first kappa shape index (κ1) is 14.7. The van der Waals surface area contributed by atoms with Crippen molar-refractivity contribution >= 4 is 5.78 Å². The lowest BCUT2D eigenvalue weighted by molar-refractivity contribution is -0.125. The number of rotatable bonds is 4. The maximum absolute atomic E-state index is 12.2. The summed E-state index contributed by atoms with van der Waals surface area (Å²) < 4.78 is 0. The molecule has 1 aliphatic carbocycles. The molecule has 0 N–H and O–H groups in total. The van der Waals surface area contributed by atoms with Crippen molar-refractivity contribution in [3.8, 4) is 0 Å². The zero-order chi connectivity index (χ0) is 13.1. The van der Waals surface area contributed by atoms with Gasteiger partial charge < -0.3 is 0 Å². The van der Waals surface area contributed by atoms with E-state index in [1.807, 2.05) is 0 Å². The molecule has 0 aromatic carbocycles. The van der Waals surface area contributed by atoms with Crippen molar-refractivity contribution in [2.45, 2.75) is 65.8 Å². The van der Waals surface area contributed by atoms with Crippen molar-refractivity contribution < 1.29 is 4.79 Å². The zero-order valence-electron chi connectivity index (χ0n) is 12.3. The molecule has 17 heavy (non-hydrogen) atoms. The van der Waals surface area contributed by atoms with Crippen LogP contribution < -0.4 is 0 Å². The van der Waals surface area contributed by atoms with E-state index in [2.05, 4.69) is 39.6 Å². The van der Waals surface area contributed by atoms with Gasteiger partial charge in [0.15, 0.2) is 0 Å². The van der Waals surface area contributed by atoms with E-state index in [1.54, 1.807) is 0 Å². The van der Waals surface area contributed by atoms with Gasteiger partial charge in [-0.1, -0.05) is 40.0 Å². The molecule has 1 rings (SSSR count). The van der Waals surface area contributed by atoms with E-state index in [4.69, 9.17) is 0 Å². The SMILES string of the molecule is CC(N(C)CC(=O)C1CCCCC1)C(C)(C)C. The van der Waals surface area contributed by atoms with Crippen LogP contribution in [-0.4, -0.2) is 30.3 Å². The lowest BCUT2D eigenvalue weighted by Crippen LogP contribution is -2.43. The Morgan fingerprint density at radius 2 is 1.76 bits per heavy atom. The van der Waals surface area contributed by atoms with Crippen LogP contribution in [0, 0.1) is 11.3 Å². The summed E-state index contributed by atoms with van der Waals surface area (Å²) in [5.41, 5.74) is 0.238. The standard InChI is InChI=1S/C15H29NO/c1-12(15(2,3)4)16(5)11-14(17)13-9-7-6-8-10-13/h12-13H,6-11H2,1-5H3. The molecule has 100 valence electrons. The maximum Gasteiger partial charge on any atom is 0.149 e. The average Bonchev–Trinajstić information content (AvgIpc) is 2.27. The monoisotopic (exact) mass is 239 g/mol. The summed E-state index contributed by atoms with van der Waals surface area (Å²) in [6.45, 7) is 9.55. The second kappa shape index (κ2) is 5.99. The molecule has 0 bridgehead atoms. The Labute approximate surface area is 107 Å². The predicted molar refractivity (Wildman–Crippen MR) is 73.1 cm³/mol. The highest BCUT2D eigenvalue weighted by atomic mass is 16.1. The van der Waals surface area contributed by atoms with E-state index in [0.717, 1.165) is 12.8 Å². The molecule has 1 aliphatic rings. The first-order chi connectivity index (χ1) is 7.82. The van der Waals surface area contributed by atoms with Crippen LogP contribution in [0.2, 0.25) is 0 Å². The number of carbonyl (C=O) groups excluding carboxylic acids is 1. The number of likely N-dealkylation sites (N-methyl/N-ethyl adjacent to an activating group) is 1. The van der Waals surface area contributed by atoms with Crippen molar-refractivity contribution in [1.82, 2.24) is 4.90 Å². The van der Waals surface area contributed by atoms with Gasteiger partial charge in [0.2, 0.25) is 0 Å². The molecule has 0 radical (unpaired) electrons. The van der Waals surface area contributed by atoms with Gasteiger partial charge in [0.25, 0.3) is 0 Å². The maximum atomic E-state index is 12.2. The van der Waals surface area contributed by atoms with Gasteiger partial charge in [0.05, 0.1) is 6.54 Å². The number of hydrogen-bond donors (Lipinski definition) is 0. The molecular formula is C15H29NO. The quantitative estimate of drug-likeness (QED) is 0.748. The summed E-state index contributed by atoms with van der Waals surface area (Å²) in [5.74, 6) is 0.807. The van der Waals surface area contributed by atoms with Gasteiger partial charge in [-0.25, -0.2) is 0 Å². The van der Waals surface area contributed by atoms with Gasteiger partial charge in [-0.2, -0.15) is 0 Å². The van der Waals surface area contributed by atoms with Crippen LogP contribution in [0.25, 0.3) is 0 Å². The topological polar surface area (TPSA) is 20.3 Å². The van der Waals surface area contributed by atoms with Gasteiger partial charge in [-0.05, 0) is 32.2 Å². The molecule has 0 aromatic rings. The Kier molecular flexibility index (Phi) is 5.18. The van der Waals surface area contributed by atoms with E-state index in [0.29, 0.717) is 24.3 Å². The summed E-state index contributed by atoms with van der Waals surface area (Å²) >= 11 is 0. The van der Waals surface area contributed by atoms with Crippen LogP contribution in [0.4, 0.5) is 0 Å². The highest BCUT2D eigenvalue weighted by Crippen LogP contribution is 2.26. The Hall–Kier alpha value is -0.370. The molecule has 0 amide bonds.